The molecule has 2 aromatic rings. The molecule has 8 heteroatoms. The summed E-state index contributed by atoms with van der Waals surface area (Å²) in [5, 5.41) is 0. The number of sulfonamides is 1. The predicted octanol–water partition coefficient (Wildman–Crippen LogP) is 3.13. The van der Waals surface area contributed by atoms with Gasteiger partial charge in [-0.05, 0) is 67.9 Å². The molecule has 4 rings (SSSR count). The Morgan fingerprint density at radius 1 is 1.12 bits per heavy atom. The Bertz CT molecular complexity index is 1170. The lowest BCUT2D eigenvalue weighted by Gasteiger charge is -2.33. The van der Waals surface area contributed by atoms with Crippen LogP contribution in [0.15, 0.2) is 53.4 Å². The Morgan fingerprint density at radius 3 is 2.53 bits per heavy atom. The molecule has 2 aliphatic heterocycles. The standard InChI is InChI=1S/C26H33N3O4S/c1-18-8-7-13-28(17-18)26(31)24(15-21-9-5-4-6-10-21)27-34(32,33)23-11-12-25-22(16-23)14-19(2)29(25)20(3)30/h4-6,9-12,16,18-19,24,27H,7-8,13-15,17H2,1-3H3/t18-,19+,24-/m1/s1. The second kappa shape index (κ2) is 9.88. The van der Waals surface area contributed by atoms with Gasteiger partial charge in [0.05, 0.1) is 4.90 Å². The maximum atomic E-state index is 13.5. The number of nitrogens with one attached hydrogen (secondary N) is 1. The highest BCUT2D eigenvalue weighted by Crippen LogP contribution is 2.34. The SMILES string of the molecule is CC(=O)N1c2ccc(S(=O)(=O)N[C@H](Cc3ccccc3)C(=O)N3CCC[C@@H](C)C3)cc2C[C@@H]1C. The van der Waals surface area contributed by atoms with Gasteiger partial charge in [0.1, 0.15) is 6.04 Å². The van der Waals surface area contributed by atoms with Gasteiger partial charge >= 0.3 is 0 Å². The number of rotatable bonds is 6. The van der Waals surface area contributed by atoms with E-state index in [2.05, 4.69) is 11.6 Å². The molecule has 34 heavy (non-hydrogen) atoms. The van der Waals surface area contributed by atoms with Gasteiger partial charge in [-0.3, -0.25) is 9.59 Å². The number of amides is 2. The first-order valence-electron chi connectivity index (χ1n) is 11.9. The Balaban J connectivity index is 1.60. The summed E-state index contributed by atoms with van der Waals surface area (Å²) in [5.74, 6) is 0.149. The predicted molar refractivity (Wildman–Crippen MR) is 132 cm³/mol. The molecular weight excluding hydrogens is 450 g/mol. The summed E-state index contributed by atoms with van der Waals surface area (Å²) in [7, 11) is -3.95. The molecule has 182 valence electrons. The van der Waals surface area contributed by atoms with Gasteiger partial charge in [0.15, 0.2) is 0 Å². The first kappa shape index (κ1) is 24.4. The summed E-state index contributed by atoms with van der Waals surface area (Å²) >= 11 is 0. The monoisotopic (exact) mass is 483 g/mol. The number of likely N-dealkylation sites (tertiary alicyclic amines) is 1. The molecule has 2 amide bonds. The first-order valence-corrected chi connectivity index (χ1v) is 13.4. The van der Waals surface area contributed by atoms with Crippen LogP contribution in [0.1, 0.15) is 44.7 Å². The van der Waals surface area contributed by atoms with Crippen LogP contribution in [0.5, 0.6) is 0 Å². The lowest BCUT2D eigenvalue weighted by molar-refractivity contribution is -0.134. The van der Waals surface area contributed by atoms with E-state index in [1.165, 1.54) is 13.0 Å². The lowest BCUT2D eigenvalue weighted by Crippen LogP contribution is -2.52. The maximum absolute atomic E-state index is 13.5. The summed E-state index contributed by atoms with van der Waals surface area (Å²) in [6, 6.07) is 13.4. The number of carbonyl (C=O) groups is 2. The van der Waals surface area contributed by atoms with E-state index < -0.39 is 16.1 Å². The number of carbonyl (C=O) groups excluding carboxylic acids is 2. The maximum Gasteiger partial charge on any atom is 0.241 e. The van der Waals surface area contributed by atoms with Gasteiger partial charge in [-0.1, -0.05) is 37.3 Å². The normalized spacial score (nSPS) is 21.3. The van der Waals surface area contributed by atoms with Gasteiger partial charge < -0.3 is 9.80 Å². The fourth-order valence-electron chi connectivity index (χ4n) is 5.15. The van der Waals surface area contributed by atoms with Crippen LogP contribution in [0.4, 0.5) is 5.69 Å². The molecule has 0 saturated carbocycles. The van der Waals surface area contributed by atoms with Crippen LogP contribution in [-0.2, 0) is 32.5 Å². The molecule has 2 aromatic carbocycles. The van der Waals surface area contributed by atoms with Crippen molar-refractivity contribution in [2.45, 2.75) is 63.4 Å². The van der Waals surface area contributed by atoms with E-state index in [1.807, 2.05) is 37.3 Å². The van der Waals surface area contributed by atoms with Crippen LogP contribution in [0, 0.1) is 5.92 Å². The van der Waals surface area contributed by atoms with Crippen molar-refractivity contribution in [3.05, 3.63) is 59.7 Å². The van der Waals surface area contributed by atoms with Crippen LogP contribution >= 0.6 is 0 Å². The Kier molecular flexibility index (Phi) is 7.09. The highest BCUT2D eigenvalue weighted by Gasteiger charge is 2.33. The number of piperidine rings is 1. The molecular formula is C26H33N3O4S. The minimum atomic E-state index is -3.95. The highest BCUT2D eigenvalue weighted by molar-refractivity contribution is 7.89. The minimum Gasteiger partial charge on any atom is -0.341 e. The number of fused-ring (bicyclic) bond motifs is 1. The quantitative estimate of drug-likeness (QED) is 0.684. The smallest absolute Gasteiger partial charge is 0.241 e. The second-order valence-electron chi connectivity index (χ2n) is 9.63. The van der Waals surface area contributed by atoms with Crippen LogP contribution in [0.25, 0.3) is 0 Å². The number of nitrogens with zero attached hydrogens (tertiary/aromatic N) is 2. The zero-order valence-electron chi connectivity index (χ0n) is 20.0. The summed E-state index contributed by atoms with van der Waals surface area (Å²) in [6.45, 7) is 6.87. The van der Waals surface area contributed by atoms with Crippen molar-refractivity contribution in [2.24, 2.45) is 5.92 Å². The van der Waals surface area contributed by atoms with Gasteiger partial charge in [-0.25, -0.2) is 8.42 Å². The molecule has 2 heterocycles. The van der Waals surface area contributed by atoms with Crippen LogP contribution in [0.3, 0.4) is 0 Å². The lowest BCUT2D eigenvalue weighted by atomic mass is 9.98. The van der Waals surface area contributed by atoms with Crippen molar-refractivity contribution in [2.75, 3.05) is 18.0 Å². The van der Waals surface area contributed by atoms with Crippen molar-refractivity contribution in [3.8, 4) is 0 Å². The Morgan fingerprint density at radius 2 is 1.85 bits per heavy atom. The minimum absolute atomic E-state index is 0.0214. The molecule has 7 nitrogen and oxygen atoms in total. The van der Waals surface area contributed by atoms with Crippen molar-refractivity contribution in [1.82, 2.24) is 9.62 Å². The third-order valence-electron chi connectivity index (χ3n) is 6.76. The van der Waals surface area contributed by atoms with E-state index in [4.69, 9.17) is 0 Å². The zero-order valence-corrected chi connectivity index (χ0v) is 20.8. The third-order valence-corrected chi connectivity index (χ3v) is 8.23. The number of anilines is 1. The van der Waals surface area contributed by atoms with E-state index in [0.717, 1.165) is 29.7 Å². The van der Waals surface area contributed by atoms with Crippen molar-refractivity contribution in [3.63, 3.8) is 0 Å². The molecule has 0 bridgehead atoms. The van der Waals surface area contributed by atoms with E-state index in [-0.39, 0.29) is 29.2 Å². The number of benzene rings is 2. The van der Waals surface area contributed by atoms with Crippen LogP contribution < -0.4 is 9.62 Å². The molecule has 0 unspecified atom stereocenters. The molecule has 3 atom stereocenters. The number of hydrogen-bond acceptors (Lipinski definition) is 4. The number of hydrogen-bond donors (Lipinski definition) is 1. The molecule has 1 saturated heterocycles. The summed E-state index contributed by atoms with van der Waals surface area (Å²) in [5.41, 5.74) is 2.47. The van der Waals surface area contributed by atoms with Crippen molar-refractivity contribution < 1.29 is 18.0 Å². The fraction of sp³-hybridized carbons (Fsp3) is 0.462. The topological polar surface area (TPSA) is 86.8 Å². The van der Waals surface area contributed by atoms with Gasteiger partial charge in [-0.15, -0.1) is 0 Å². The third kappa shape index (κ3) is 5.18. The average molecular weight is 484 g/mol. The Hall–Kier alpha value is -2.71. The van der Waals surface area contributed by atoms with Crippen molar-refractivity contribution in [1.29, 1.82) is 0 Å². The molecule has 1 N–H and O–H groups in total. The molecule has 0 spiro atoms. The summed E-state index contributed by atoms with van der Waals surface area (Å²) in [6.07, 6.45) is 2.87. The van der Waals surface area contributed by atoms with Crippen LogP contribution in [0.2, 0.25) is 0 Å². The average Bonchev–Trinajstić information content (AvgIpc) is 3.14. The Labute approximate surface area is 202 Å². The van der Waals surface area contributed by atoms with Gasteiger partial charge in [0.25, 0.3) is 0 Å². The van der Waals surface area contributed by atoms with E-state index in [0.29, 0.717) is 25.4 Å². The van der Waals surface area contributed by atoms with E-state index in [9.17, 15) is 18.0 Å². The van der Waals surface area contributed by atoms with Gasteiger partial charge in [-0.2, -0.15) is 4.72 Å². The molecule has 2 aliphatic rings. The summed E-state index contributed by atoms with van der Waals surface area (Å²) in [4.78, 5) is 29.1. The van der Waals surface area contributed by atoms with Gasteiger partial charge in [0.2, 0.25) is 21.8 Å². The van der Waals surface area contributed by atoms with Gasteiger partial charge in [0, 0.05) is 31.7 Å². The highest BCUT2D eigenvalue weighted by atomic mass is 32.2. The second-order valence-corrected chi connectivity index (χ2v) is 11.3. The molecule has 0 aromatic heterocycles. The zero-order chi connectivity index (χ0) is 24.5. The van der Waals surface area contributed by atoms with E-state index in [1.54, 1.807) is 21.9 Å². The largest absolute Gasteiger partial charge is 0.341 e. The van der Waals surface area contributed by atoms with E-state index >= 15 is 0 Å². The summed E-state index contributed by atoms with van der Waals surface area (Å²) < 4.78 is 29.5. The van der Waals surface area contributed by atoms with Crippen LogP contribution in [-0.4, -0.2) is 50.3 Å². The fourth-order valence-corrected chi connectivity index (χ4v) is 6.39. The van der Waals surface area contributed by atoms with Crippen molar-refractivity contribution >= 4 is 27.5 Å². The molecule has 0 radical (unpaired) electrons. The molecule has 0 aliphatic carbocycles. The first-order chi connectivity index (χ1) is 16.2. The molecule has 1 fully saturated rings.